The average Bonchev–Trinajstić information content (AvgIpc) is 3.23. The van der Waals surface area contributed by atoms with E-state index >= 15 is 0 Å². The second-order valence-electron chi connectivity index (χ2n) is 6.16. The van der Waals surface area contributed by atoms with E-state index in [4.69, 9.17) is 9.47 Å². The third-order valence-electron chi connectivity index (χ3n) is 4.45. The fourth-order valence-corrected chi connectivity index (χ4v) is 4.57. The summed E-state index contributed by atoms with van der Waals surface area (Å²) in [7, 11) is -0.564. The van der Waals surface area contributed by atoms with Crippen LogP contribution in [0.3, 0.4) is 0 Å². The number of carbonyl (C=O) groups excluding carboxylic acids is 1. The van der Waals surface area contributed by atoms with Crippen molar-refractivity contribution in [2.24, 2.45) is 0 Å². The lowest BCUT2D eigenvalue weighted by molar-refractivity contribution is 0.102. The standard InChI is InChI=1S/C19H22N2O5S/c1-25-15-8-9-18(26-2)17(13-15)19(22)20-14-6-5-7-16(12-14)27(23,24)21-10-3-4-11-21/h5-9,12-13H,3-4,10-11H2,1-2H3,(H,20,22). The van der Waals surface area contributed by atoms with Gasteiger partial charge in [-0.2, -0.15) is 4.31 Å². The summed E-state index contributed by atoms with van der Waals surface area (Å²) in [6.45, 7) is 1.06. The van der Waals surface area contributed by atoms with E-state index < -0.39 is 15.9 Å². The fraction of sp³-hybridized carbons (Fsp3) is 0.316. The number of rotatable bonds is 6. The molecule has 0 bridgehead atoms. The van der Waals surface area contributed by atoms with Gasteiger partial charge in [0.25, 0.3) is 5.91 Å². The highest BCUT2D eigenvalue weighted by molar-refractivity contribution is 7.89. The number of hydrogen-bond acceptors (Lipinski definition) is 5. The molecule has 3 rings (SSSR count). The summed E-state index contributed by atoms with van der Waals surface area (Å²) < 4.78 is 37.3. The van der Waals surface area contributed by atoms with Crippen molar-refractivity contribution in [3.05, 3.63) is 48.0 Å². The largest absolute Gasteiger partial charge is 0.497 e. The molecular formula is C19H22N2O5S. The predicted octanol–water partition coefficient (Wildman–Crippen LogP) is 2.74. The van der Waals surface area contributed by atoms with Gasteiger partial charge in [-0.05, 0) is 49.2 Å². The predicted molar refractivity (Wildman–Crippen MR) is 102 cm³/mol. The Morgan fingerprint density at radius 3 is 2.44 bits per heavy atom. The Bertz CT molecular complexity index is 937. The second kappa shape index (κ2) is 7.98. The normalized spacial score (nSPS) is 14.7. The third-order valence-corrected chi connectivity index (χ3v) is 6.34. The zero-order valence-corrected chi connectivity index (χ0v) is 16.1. The van der Waals surface area contributed by atoms with Crippen LogP contribution in [0, 0.1) is 0 Å². The number of methoxy groups -OCH3 is 2. The molecule has 1 heterocycles. The number of amides is 1. The van der Waals surface area contributed by atoms with Gasteiger partial charge in [0.05, 0.1) is 24.7 Å². The molecule has 144 valence electrons. The van der Waals surface area contributed by atoms with Crippen LogP contribution >= 0.6 is 0 Å². The minimum atomic E-state index is -3.55. The minimum absolute atomic E-state index is 0.166. The molecule has 27 heavy (non-hydrogen) atoms. The lowest BCUT2D eigenvalue weighted by Gasteiger charge is -2.16. The average molecular weight is 390 g/mol. The SMILES string of the molecule is COc1ccc(OC)c(C(=O)Nc2cccc(S(=O)(=O)N3CCCC3)c2)c1. The Labute approximate surface area is 158 Å². The molecule has 8 heteroatoms. The van der Waals surface area contributed by atoms with E-state index in [1.165, 1.54) is 30.7 Å². The number of anilines is 1. The molecule has 1 saturated heterocycles. The monoisotopic (exact) mass is 390 g/mol. The van der Waals surface area contributed by atoms with E-state index in [1.54, 1.807) is 30.3 Å². The summed E-state index contributed by atoms with van der Waals surface area (Å²) in [5.74, 6) is 0.502. The minimum Gasteiger partial charge on any atom is -0.497 e. The number of benzene rings is 2. The molecule has 1 amide bonds. The van der Waals surface area contributed by atoms with Gasteiger partial charge in [0, 0.05) is 18.8 Å². The van der Waals surface area contributed by atoms with Crippen LogP contribution in [0.5, 0.6) is 11.5 Å². The van der Waals surface area contributed by atoms with E-state index in [1.807, 2.05) is 0 Å². The van der Waals surface area contributed by atoms with Crippen LogP contribution < -0.4 is 14.8 Å². The Hall–Kier alpha value is -2.58. The van der Waals surface area contributed by atoms with Crippen molar-refractivity contribution in [2.45, 2.75) is 17.7 Å². The van der Waals surface area contributed by atoms with Gasteiger partial charge in [-0.3, -0.25) is 4.79 Å². The van der Waals surface area contributed by atoms with Gasteiger partial charge < -0.3 is 14.8 Å². The first kappa shape index (κ1) is 19.2. The van der Waals surface area contributed by atoms with Gasteiger partial charge in [0.2, 0.25) is 10.0 Å². The quantitative estimate of drug-likeness (QED) is 0.820. The first-order valence-corrected chi connectivity index (χ1v) is 10.0. The lowest BCUT2D eigenvalue weighted by Crippen LogP contribution is -2.27. The molecule has 1 N–H and O–H groups in total. The van der Waals surface area contributed by atoms with Crippen LogP contribution in [0.2, 0.25) is 0 Å². The third kappa shape index (κ3) is 4.06. The number of hydrogen-bond donors (Lipinski definition) is 1. The molecule has 0 saturated carbocycles. The van der Waals surface area contributed by atoms with Crippen LogP contribution in [0.1, 0.15) is 23.2 Å². The van der Waals surface area contributed by atoms with Crippen molar-refractivity contribution in [1.29, 1.82) is 0 Å². The first-order chi connectivity index (χ1) is 13.0. The summed E-state index contributed by atoms with van der Waals surface area (Å²) in [6.07, 6.45) is 1.73. The number of sulfonamides is 1. The molecule has 1 fully saturated rings. The van der Waals surface area contributed by atoms with Crippen molar-refractivity contribution >= 4 is 21.6 Å². The van der Waals surface area contributed by atoms with Crippen molar-refractivity contribution < 1.29 is 22.7 Å². The molecule has 2 aromatic carbocycles. The van der Waals surface area contributed by atoms with Gasteiger partial charge in [0.1, 0.15) is 11.5 Å². The maximum absolute atomic E-state index is 12.7. The highest BCUT2D eigenvalue weighted by atomic mass is 32.2. The van der Waals surface area contributed by atoms with Crippen molar-refractivity contribution in [3.63, 3.8) is 0 Å². The number of ether oxygens (including phenoxy) is 2. The van der Waals surface area contributed by atoms with Crippen LogP contribution in [0.15, 0.2) is 47.4 Å². The fourth-order valence-electron chi connectivity index (χ4n) is 3.00. The highest BCUT2D eigenvalue weighted by Crippen LogP contribution is 2.26. The molecule has 1 aliphatic rings. The van der Waals surface area contributed by atoms with Gasteiger partial charge in [-0.1, -0.05) is 6.07 Å². The Morgan fingerprint density at radius 1 is 1.04 bits per heavy atom. The summed E-state index contributed by atoms with van der Waals surface area (Å²) in [4.78, 5) is 12.8. The van der Waals surface area contributed by atoms with E-state index in [9.17, 15) is 13.2 Å². The molecule has 1 aliphatic heterocycles. The first-order valence-electron chi connectivity index (χ1n) is 8.59. The van der Waals surface area contributed by atoms with Gasteiger partial charge >= 0.3 is 0 Å². The Balaban J connectivity index is 1.85. The van der Waals surface area contributed by atoms with E-state index in [-0.39, 0.29) is 4.90 Å². The smallest absolute Gasteiger partial charge is 0.259 e. The second-order valence-corrected chi connectivity index (χ2v) is 8.10. The van der Waals surface area contributed by atoms with Crippen LogP contribution in [-0.4, -0.2) is 45.9 Å². The van der Waals surface area contributed by atoms with Crippen molar-refractivity contribution in [3.8, 4) is 11.5 Å². The van der Waals surface area contributed by atoms with Crippen molar-refractivity contribution in [1.82, 2.24) is 4.31 Å². The van der Waals surface area contributed by atoms with Gasteiger partial charge in [-0.25, -0.2) is 8.42 Å². The number of nitrogens with one attached hydrogen (secondary N) is 1. The van der Waals surface area contributed by atoms with E-state index in [2.05, 4.69) is 5.32 Å². The van der Waals surface area contributed by atoms with Gasteiger partial charge in [0.15, 0.2) is 0 Å². The Kier molecular flexibility index (Phi) is 5.67. The molecule has 2 aromatic rings. The van der Waals surface area contributed by atoms with Crippen molar-refractivity contribution in [2.75, 3.05) is 32.6 Å². The molecule has 0 atom stereocenters. The zero-order chi connectivity index (χ0) is 19.4. The van der Waals surface area contributed by atoms with E-state index in [0.29, 0.717) is 35.8 Å². The van der Waals surface area contributed by atoms with Crippen LogP contribution in [0.25, 0.3) is 0 Å². The summed E-state index contributed by atoms with van der Waals surface area (Å²) in [6, 6.07) is 11.2. The summed E-state index contributed by atoms with van der Waals surface area (Å²) in [5.41, 5.74) is 0.690. The van der Waals surface area contributed by atoms with Crippen LogP contribution in [0.4, 0.5) is 5.69 Å². The molecule has 0 aliphatic carbocycles. The molecule has 0 radical (unpaired) electrons. The molecule has 7 nitrogen and oxygen atoms in total. The summed E-state index contributed by atoms with van der Waals surface area (Å²) in [5, 5.41) is 2.73. The molecule has 0 aromatic heterocycles. The number of carbonyl (C=O) groups is 1. The lowest BCUT2D eigenvalue weighted by atomic mass is 10.1. The highest BCUT2D eigenvalue weighted by Gasteiger charge is 2.27. The maximum atomic E-state index is 12.7. The molecule has 0 spiro atoms. The van der Waals surface area contributed by atoms with Gasteiger partial charge in [-0.15, -0.1) is 0 Å². The molecule has 0 unspecified atom stereocenters. The molecular weight excluding hydrogens is 368 g/mol. The van der Waals surface area contributed by atoms with E-state index in [0.717, 1.165) is 12.8 Å². The maximum Gasteiger partial charge on any atom is 0.259 e. The topological polar surface area (TPSA) is 84.9 Å². The van der Waals surface area contributed by atoms with Crippen LogP contribution in [-0.2, 0) is 10.0 Å². The zero-order valence-electron chi connectivity index (χ0n) is 15.3. The Morgan fingerprint density at radius 2 is 1.78 bits per heavy atom. The summed E-state index contributed by atoms with van der Waals surface area (Å²) >= 11 is 0. The number of nitrogens with zero attached hydrogens (tertiary/aromatic N) is 1.